The first kappa shape index (κ1) is 39.5. The molecule has 49 heavy (non-hydrogen) atoms. The molecule has 20 heteroatoms. The summed E-state index contributed by atoms with van der Waals surface area (Å²) in [6, 6.07) is 0. The minimum absolute atomic E-state index is 0.389. The summed E-state index contributed by atoms with van der Waals surface area (Å²) in [6.07, 6.45) is -17.7. The summed E-state index contributed by atoms with van der Waals surface area (Å²) in [5, 5.41) is 10.3. The fourth-order valence-corrected chi connectivity index (χ4v) is 5.32. The van der Waals surface area contributed by atoms with Crippen molar-refractivity contribution in [3.8, 4) is 0 Å². The summed E-state index contributed by atoms with van der Waals surface area (Å²) in [4.78, 5) is 84.0. The predicted molar refractivity (Wildman–Crippen MR) is 150 cm³/mol. The second-order valence-electron chi connectivity index (χ2n) is 11.1. The Hall–Kier alpha value is -3.95. The normalized spacial score (nSPS) is 34.4. The van der Waals surface area contributed by atoms with E-state index in [1.807, 2.05) is 0 Å². The van der Waals surface area contributed by atoms with Crippen molar-refractivity contribution in [1.29, 1.82) is 0 Å². The molecule has 0 aromatic heterocycles. The van der Waals surface area contributed by atoms with Crippen molar-refractivity contribution < 1.29 is 95.5 Å². The van der Waals surface area contributed by atoms with Gasteiger partial charge in [-0.05, 0) is 0 Å². The van der Waals surface area contributed by atoms with Gasteiger partial charge in [-0.3, -0.25) is 33.6 Å². The molecule has 12 atom stereocenters. The summed E-state index contributed by atoms with van der Waals surface area (Å²) in [7, 11) is 0. The number of esters is 7. The molecule has 1 unspecified atom stereocenters. The van der Waals surface area contributed by atoms with Gasteiger partial charge in [0, 0.05) is 48.5 Å². The number of aliphatic hydroxyl groups excluding tert-OH is 1. The summed E-state index contributed by atoms with van der Waals surface area (Å²) in [6.45, 7) is 6.19. The lowest BCUT2D eigenvalue weighted by Crippen LogP contribution is -2.64. The Bertz CT molecular complexity index is 1240. The number of carbonyl (C=O) groups excluding carboxylic acids is 7. The maximum atomic E-state index is 12.3. The smallest absolute Gasteiger partial charge is 0.303 e. The van der Waals surface area contributed by atoms with Crippen LogP contribution < -0.4 is 0 Å². The van der Waals surface area contributed by atoms with Gasteiger partial charge in [0.15, 0.2) is 61.6 Å². The van der Waals surface area contributed by atoms with Gasteiger partial charge in [-0.25, -0.2) is 0 Å². The molecule has 1 N–H and O–H groups in total. The van der Waals surface area contributed by atoms with E-state index in [1.54, 1.807) is 0 Å². The van der Waals surface area contributed by atoms with Gasteiger partial charge in [-0.2, -0.15) is 0 Å². The molecular formula is C29H40O20. The highest BCUT2D eigenvalue weighted by molar-refractivity contribution is 5.69. The van der Waals surface area contributed by atoms with Crippen LogP contribution in [0.2, 0.25) is 0 Å². The first-order valence-corrected chi connectivity index (χ1v) is 15.0. The van der Waals surface area contributed by atoms with Crippen LogP contribution in [0.1, 0.15) is 48.5 Å². The van der Waals surface area contributed by atoms with Crippen LogP contribution in [0.25, 0.3) is 0 Å². The minimum atomic E-state index is -1.70. The van der Waals surface area contributed by atoms with Crippen molar-refractivity contribution >= 4 is 41.8 Å². The maximum Gasteiger partial charge on any atom is 0.303 e. The minimum Gasteiger partial charge on any atom is -0.456 e. The van der Waals surface area contributed by atoms with Crippen LogP contribution in [0.3, 0.4) is 0 Å². The van der Waals surface area contributed by atoms with Gasteiger partial charge in [-0.15, -0.1) is 0 Å². The fraction of sp³-hybridized carbons (Fsp3) is 0.759. The van der Waals surface area contributed by atoms with Gasteiger partial charge in [-0.1, -0.05) is 0 Å². The Morgan fingerprint density at radius 3 is 1.08 bits per heavy atom. The van der Waals surface area contributed by atoms with Gasteiger partial charge in [0.05, 0.1) is 19.8 Å². The van der Waals surface area contributed by atoms with Crippen LogP contribution in [0.15, 0.2) is 0 Å². The number of aliphatic hydroxyl groups is 1. The molecule has 0 radical (unpaired) electrons. The quantitative estimate of drug-likeness (QED) is 0.186. The molecule has 0 spiro atoms. The average molecular weight is 709 g/mol. The van der Waals surface area contributed by atoms with Gasteiger partial charge >= 0.3 is 41.8 Å². The molecule has 0 amide bonds. The molecule has 3 heterocycles. The molecule has 276 valence electrons. The maximum absolute atomic E-state index is 12.3. The standard InChI is InChI=1S/C29H40O20/c1-11(30)41-18-9-39-28(25(46-16(6)35)22(18)43-13(3)32)49-20-10-40-29(26(47-17(7)36)23(20)44-14(4)33)48-19-8-38-27(37)24(45-15(5)34)21(19)42-12(2)31/h18-29,37H,8-10H2,1-7H3/t18-,19-,20-,21+,22+,23+,24-,25-,26-,27?,28+,29+/m1/s1. The van der Waals surface area contributed by atoms with E-state index >= 15 is 0 Å². The first-order valence-electron chi connectivity index (χ1n) is 15.0. The Kier molecular flexibility index (Phi) is 14.2. The zero-order valence-corrected chi connectivity index (χ0v) is 27.8. The third-order valence-electron chi connectivity index (χ3n) is 6.92. The summed E-state index contributed by atoms with van der Waals surface area (Å²) in [5.41, 5.74) is 0. The van der Waals surface area contributed by atoms with E-state index in [0.29, 0.717) is 0 Å². The molecule has 3 rings (SSSR count). The van der Waals surface area contributed by atoms with Gasteiger partial charge in [0.25, 0.3) is 0 Å². The van der Waals surface area contributed by atoms with Gasteiger partial charge < -0.3 is 61.9 Å². The number of carbonyl (C=O) groups is 7. The van der Waals surface area contributed by atoms with Gasteiger partial charge in [0.1, 0.15) is 12.2 Å². The number of hydrogen-bond donors (Lipinski definition) is 1. The molecule has 3 aliphatic heterocycles. The van der Waals surface area contributed by atoms with E-state index in [-0.39, 0.29) is 6.61 Å². The van der Waals surface area contributed by atoms with E-state index in [2.05, 4.69) is 0 Å². The van der Waals surface area contributed by atoms with Crippen LogP contribution in [0.5, 0.6) is 0 Å². The molecule has 0 aliphatic carbocycles. The molecule has 0 saturated carbocycles. The van der Waals surface area contributed by atoms with E-state index in [0.717, 1.165) is 48.5 Å². The lowest BCUT2D eigenvalue weighted by Gasteiger charge is -2.46. The molecular weight excluding hydrogens is 668 g/mol. The van der Waals surface area contributed by atoms with Crippen LogP contribution in [-0.2, 0) is 90.4 Å². The summed E-state index contributed by atoms with van der Waals surface area (Å²) >= 11 is 0. The highest BCUT2D eigenvalue weighted by atomic mass is 16.8. The third kappa shape index (κ3) is 11.3. The SMILES string of the molecule is CC(=O)O[C@@H]1[C@@H](OC(C)=O)[C@H](O[C@@H]2CO[C@@H](O[C@@H]3COC(O)[C@H](OC(C)=O)[C@H]3OC(C)=O)[C@H](OC(C)=O)[C@H]2OC(C)=O)OC[C@H]1OC(C)=O. The molecule has 0 aromatic rings. The predicted octanol–water partition coefficient (Wildman–Crippen LogP) is -1.66. The highest BCUT2D eigenvalue weighted by Gasteiger charge is 2.54. The lowest BCUT2D eigenvalue weighted by molar-refractivity contribution is -0.349. The van der Waals surface area contributed by atoms with Crippen LogP contribution in [0, 0.1) is 0 Å². The van der Waals surface area contributed by atoms with E-state index in [4.69, 9.17) is 56.8 Å². The summed E-state index contributed by atoms with van der Waals surface area (Å²) in [5.74, 6) is -5.80. The van der Waals surface area contributed by atoms with Gasteiger partial charge in [0.2, 0.25) is 0 Å². The topological polar surface area (TPSA) is 250 Å². The van der Waals surface area contributed by atoms with Crippen LogP contribution in [0.4, 0.5) is 0 Å². The number of hydrogen-bond acceptors (Lipinski definition) is 20. The molecule has 3 saturated heterocycles. The Balaban J connectivity index is 1.93. The lowest BCUT2D eigenvalue weighted by atomic mass is 10.0. The average Bonchev–Trinajstić information content (AvgIpc) is 2.96. The van der Waals surface area contributed by atoms with Crippen molar-refractivity contribution in [1.82, 2.24) is 0 Å². The summed E-state index contributed by atoms with van der Waals surface area (Å²) < 4.78 is 66.1. The van der Waals surface area contributed by atoms with E-state index in [1.165, 1.54) is 0 Å². The fourth-order valence-electron chi connectivity index (χ4n) is 5.32. The largest absolute Gasteiger partial charge is 0.456 e. The zero-order valence-electron chi connectivity index (χ0n) is 27.8. The number of ether oxygens (including phenoxy) is 12. The van der Waals surface area contributed by atoms with Crippen molar-refractivity contribution in [3.05, 3.63) is 0 Å². The van der Waals surface area contributed by atoms with Crippen molar-refractivity contribution in [2.75, 3.05) is 19.8 Å². The van der Waals surface area contributed by atoms with Crippen LogP contribution >= 0.6 is 0 Å². The molecule has 3 aliphatic rings. The monoisotopic (exact) mass is 708 g/mol. The first-order chi connectivity index (χ1) is 23.0. The van der Waals surface area contributed by atoms with Crippen molar-refractivity contribution in [3.63, 3.8) is 0 Å². The number of rotatable bonds is 11. The van der Waals surface area contributed by atoms with E-state index in [9.17, 15) is 38.7 Å². The molecule has 20 nitrogen and oxygen atoms in total. The van der Waals surface area contributed by atoms with Crippen molar-refractivity contribution in [2.24, 2.45) is 0 Å². The van der Waals surface area contributed by atoms with Crippen LogP contribution in [-0.4, -0.2) is 141 Å². The second kappa shape index (κ2) is 17.6. The molecule has 3 fully saturated rings. The highest BCUT2D eigenvalue weighted by Crippen LogP contribution is 2.33. The Morgan fingerprint density at radius 1 is 0.408 bits per heavy atom. The second-order valence-corrected chi connectivity index (χ2v) is 11.1. The third-order valence-corrected chi connectivity index (χ3v) is 6.92. The zero-order chi connectivity index (χ0) is 36.6. The van der Waals surface area contributed by atoms with Crippen molar-refractivity contribution in [2.45, 2.75) is 122 Å². The molecule has 0 aromatic carbocycles. The Labute approximate surface area is 279 Å². The Morgan fingerprint density at radius 2 is 0.694 bits per heavy atom. The van der Waals surface area contributed by atoms with E-state index < -0.39 is 129 Å². The molecule has 0 bridgehead atoms.